The van der Waals surface area contributed by atoms with E-state index in [9.17, 15) is 9.59 Å². The molecule has 0 spiro atoms. The number of para-hydroxylation sites is 1. The quantitative estimate of drug-likeness (QED) is 0.379. The van der Waals surface area contributed by atoms with E-state index in [4.69, 9.17) is 4.74 Å². The summed E-state index contributed by atoms with van der Waals surface area (Å²) in [5, 5.41) is 5.96. The first-order valence-electron chi connectivity index (χ1n) is 11.7. The van der Waals surface area contributed by atoms with Gasteiger partial charge in [-0.05, 0) is 79.9 Å². The number of rotatable bonds is 11. The van der Waals surface area contributed by atoms with Gasteiger partial charge in [-0.25, -0.2) is 0 Å². The summed E-state index contributed by atoms with van der Waals surface area (Å²) in [4.78, 5) is 27.0. The second-order valence-corrected chi connectivity index (χ2v) is 8.42. The van der Waals surface area contributed by atoms with Crippen molar-refractivity contribution < 1.29 is 14.3 Å². The van der Waals surface area contributed by atoms with Crippen LogP contribution in [0, 0.1) is 5.92 Å². The Labute approximate surface area is 201 Å². The molecule has 0 saturated heterocycles. The maximum Gasteiger partial charge on any atom is 0.258 e. The average Bonchev–Trinajstić information content (AvgIpc) is 2.85. The second-order valence-electron chi connectivity index (χ2n) is 8.42. The summed E-state index contributed by atoms with van der Waals surface area (Å²) in [6.45, 7) is 7.67. The molecule has 0 bridgehead atoms. The second kappa shape index (κ2) is 12.4. The minimum absolute atomic E-state index is 0.0788. The van der Waals surface area contributed by atoms with Gasteiger partial charge in [0.25, 0.3) is 5.91 Å². The topological polar surface area (TPSA) is 70.7 Å². The highest BCUT2D eigenvalue weighted by molar-refractivity contribution is 6.06. The minimum Gasteiger partial charge on any atom is -0.494 e. The first-order chi connectivity index (χ1) is 16.5. The van der Waals surface area contributed by atoms with Crippen LogP contribution < -0.4 is 20.3 Å². The number of nitrogens with one attached hydrogen (secondary N) is 2. The number of hydrogen-bond donors (Lipinski definition) is 2. The minimum atomic E-state index is -0.171. The highest BCUT2D eigenvalue weighted by Crippen LogP contribution is 2.19. The van der Waals surface area contributed by atoms with Crippen molar-refractivity contribution in [2.45, 2.75) is 27.2 Å². The van der Waals surface area contributed by atoms with Crippen molar-refractivity contribution in [3.63, 3.8) is 0 Å². The van der Waals surface area contributed by atoms with E-state index in [1.807, 2.05) is 61.5 Å². The van der Waals surface area contributed by atoms with Crippen molar-refractivity contribution in [2.24, 2.45) is 5.92 Å². The normalized spacial score (nSPS) is 10.6. The molecule has 0 unspecified atom stereocenters. The van der Waals surface area contributed by atoms with Gasteiger partial charge in [-0.15, -0.1) is 0 Å². The maximum atomic E-state index is 12.9. The summed E-state index contributed by atoms with van der Waals surface area (Å²) in [5.74, 6) is 1.18. The van der Waals surface area contributed by atoms with Crippen LogP contribution in [0.3, 0.4) is 0 Å². The van der Waals surface area contributed by atoms with E-state index >= 15 is 0 Å². The van der Waals surface area contributed by atoms with Crippen molar-refractivity contribution in [2.75, 3.05) is 35.2 Å². The number of amides is 2. The van der Waals surface area contributed by atoms with E-state index in [1.165, 1.54) is 0 Å². The van der Waals surface area contributed by atoms with E-state index in [1.54, 1.807) is 29.2 Å². The molecule has 3 aromatic rings. The van der Waals surface area contributed by atoms with E-state index < -0.39 is 0 Å². The Bertz CT molecular complexity index is 1050. The molecule has 6 nitrogen and oxygen atoms in total. The van der Waals surface area contributed by atoms with Gasteiger partial charge in [0, 0.05) is 29.2 Å². The molecule has 0 saturated carbocycles. The smallest absolute Gasteiger partial charge is 0.258 e. The summed E-state index contributed by atoms with van der Waals surface area (Å²) < 4.78 is 5.72. The zero-order valence-corrected chi connectivity index (χ0v) is 20.1. The summed E-state index contributed by atoms with van der Waals surface area (Å²) in [7, 11) is 0. The Morgan fingerprint density at radius 3 is 2.15 bits per heavy atom. The molecule has 0 atom stereocenters. The number of nitrogens with zero attached hydrogens (tertiary/aromatic N) is 1. The van der Waals surface area contributed by atoms with Crippen molar-refractivity contribution in [1.82, 2.24) is 0 Å². The molecule has 3 aromatic carbocycles. The van der Waals surface area contributed by atoms with E-state index in [0.717, 1.165) is 23.5 Å². The lowest BCUT2D eigenvalue weighted by Crippen LogP contribution is -2.30. The van der Waals surface area contributed by atoms with Gasteiger partial charge in [-0.2, -0.15) is 0 Å². The summed E-state index contributed by atoms with van der Waals surface area (Å²) in [6, 6.07) is 24.1. The molecular weight excluding hydrogens is 426 g/mol. The lowest BCUT2D eigenvalue weighted by molar-refractivity contribution is -0.114. The van der Waals surface area contributed by atoms with Crippen LogP contribution in [-0.4, -0.2) is 31.5 Å². The van der Waals surface area contributed by atoms with Crippen LogP contribution in [0.15, 0.2) is 78.9 Å². The molecule has 0 aliphatic rings. The van der Waals surface area contributed by atoms with Gasteiger partial charge in [0.2, 0.25) is 5.91 Å². The zero-order chi connectivity index (χ0) is 24.3. The molecule has 3 rings (SSSR count). The number of benzene rings is 3. The third-order valence-corrected chi connectivity index (χ3v) is 5.32. The zero-order valence-electron chi connectivity index (χ0n) is 20.1. The van der Waals surface area contributed by atoms with Gasteiger partial charge in [-0.1, -0.05) is 32.0 Å². The third kappa shape index (κ3) is 7.37. The number of carbonyl (C=O) groups excluding carboxylic acids is 2. The van der Waals surface area contributed by atoms with Gasteiger partial charge >= 0.3 is 0 Å². The van der Waals surface area contributed by atoms with Crippen molar-refractivity contribution >= 4 is 28.9 Å². The van der Waals surface area contributed by atoms with E-state index in [0.29, 0.717) is 30.3 Å². The molecule has 0 heterocycles. The Balaban J connectivity index is 1.48. The molecule has 0 aromatic heterocycles. The molecule has 178 valence electrons. The van der Waals surface area contributed by atoms with Crippen LogP contribution in [0.2, 0.25) is 0 Å². The predicted octanol–water partition coefficient (Wildman–Crippen LogP) is 5.83. The standard InChI is InChI=1S/C28H33N3O3/c1-4-31(25-8-6-5-7-9-25)28(33)22-10-12-24(13-11-22)30-27(32)20-29-23-14-16-26(17-15-23)34-19-18-21(2)3/h5-17,21,29H,4,18-20H2,1-3H3,(H,30,32). The highest BCUT2D eigenvalue weighted by Gasteiger charge is 2.16. The fourth-order valence-corrected chi connectivity index (χ4v) is 3.37. The average molecular weight is 460 g/mol. The van der Waals surface area contributed by atoms with Gasteiger partial charge in [0.1, 0.15) is 5.75 Å². The Kier molecular flexibility index (Phi) is 9.09. The van der Waals surface area contributed by atoms with Crippen LogP contribution in [0.25, 0.3) is 0 Å². The first kappa shape index (κ1) is 24.8. The Morgan fingerprint density at radius 1 is 0.882 bits per heavy atom. The lowest BCUT2D eigenvalue weighted by Gasteiger charge is -2.21. The first-order valence-corrected chi connectivity index (χ1v) is 11.7. The van der Waals surface area contributed by atoms with Gasteiger partial charge in [0.05, 0.1) is 13.2 Å². The monoisotopic (exact) mass is 459 g/mol. The van der Waals surface area contributed by atoms with Crippen LogP contribution >= 0.6 is 0 Å². The SMILES string of the molecule is CCN(C(=O)c1ccc(NC(=O)CNc2ccc(OCCC(C)C)cc2)cc1)c1ccccc1. The molecule has 2 amide bonds. The lowest BCUT2D eigenvalue weighted by atomic mass is 10.1. The number of anilines is 3. The van der Waals surface area contributed by atoms with Crippen LogP contribution in [-0.2, 0) is 4.79 Å². The summed E-state index contributed by atoms with van der Waals surface area (Å²) >= 11 is 0. The molecule has 0 aliphatic carbocycles. The maximum absolute atomic E-state index is 12.9. The fraction of sp³-hybridized carbons (Fsp3) is 0.286. The van der Waals surface area contributed by atoms with Crippen LogP contribution in [0.1, 0.15) is 37.6 Å². The van der Waals surface area contributed by atoms with Crippen LogP contribution in [0.5, 0.6) is 5.75 Å². The van der Waals surface area contributed by atoms with Crippen molar-refractivity contribution in [3.8, 4) is 5.75 Å². The summed E-state index contributed by atoms with van der Waals surface area (Å²) in [6.07, 6.45) is 1.01. The van der Waals surface area contributed by atoms with E-state index in [-0.39, 0.29) is 18.4 Å². The number of ether oxygens (including phenoxy) is 1. The largest absolute Gasteiger partial charge is 0.494 e. The number of carbonyl (C=O) groups is 2. The van der Waals surface area contributed by atoms with Gasteiger partial charge in [-0.3, -0.25) is 9.59 Å². The van der Waals surface area contributed by atoms with Gasteiger partial charge < -0.3 is 20.3 Å². The molecule has 0 aliphatic heterocycles. The molecule has 0 radical (unpaired) electrons. The fourth-order valence-electron chi connectivity index (χ4n) is 3.37. The number of hydrogen-bond acceptors (Lipinski definition) is 4. The molecular formula is C28H33N3O3. The van der Waals surface area contributed by atoms with Gasteiger partial charge in [0.15, 0.2) is 0 Å². The van der Waals surface area contributed by atoms with Crippen LogP contribution in [0.4, 0.5) is 17.1 Å². The molecule has 6 heteroatoms. The predicted molar refractivity (Wildman–Crippen MR) is 139 cm³/mol. The summed E-state index contributed by atoms with van der Waals surface area (Å²) in [5.41, 5.74) is 2.90. The van der Waals surface area contributed by atoms with E-state index in [2.05, 4.69) is 24.5 Å². The Hall–Kier alpha value is -3.80. The third-order valence-electron chi connectivity index (χ3n) is 5.32. The Morgan fingerprint density at radius 2 is 1.53 bits per heavy atom. The van der Waals surface area contributed by atoms with Crippen molar-refractivity contribution in [3.05, 3.63) is 84.4 Å². The highest BCUT2D eigenvalue weighted by atomic mass is 16.5. The van der Waals surface area contributed by atoms with Crippen molar-refractivity contribution in [1.29, 1.82) is 0 Å². The molecule has 2 N–H and O–H groups in total. The molecule has 34 heavy (non-hydrogen) atoms. The molecule has 0 fully saturated rings.